The highest BCUT2D eigenvalue weighted by molar-refractivity contribution is 5.99. The first-order chi connectivity index (χ1) is 8.02. The molecule has 0 aromatic carbocycles. The van der Waals surface area contributed by atoms with Crippen LogP contribution in [-0.2, 0) is 4.79 Å². The van der Waals surface area contributed by atoms with Crippen molar-refractivity contribution in [2.45, 2.75) is 26.2 Å². The number of nitrogens with zero attached hydrogens (tertiary/aromatic N) is 1. The molecule has 0 aliphatic carbocycles. The monoisotopic (exact) mass is 239 g/mol. The molecule has 0 radical (unpaired) electrons. The Kier molecular flexibility index (Phi) is 4.50. The second kappa shape index (κ2) is 5.88. The van der Waals surface area contributed by atoms with Crippen LogP contribution in [0.1, 0.15) is 35.3 Å². The van der Waals surface area contributed by atoms with E-state index >= 15 is 0 Å². The number of anilines is 1. The molecule has 0 unspecified atom stereocenters. The molecule has 6 N–H and O–H groups in total. The van der Waals surface area contributed by atoms with Crippen molar-refractivity contribution in [2.75, 3.05) is 12.3 Å². The molecule has 1 aromatic heterocycles. The Morgan fingerprint density at radius 2 is 2.12 bits per heavy atom. The number of primary amides is 1. The van der Waals surface area contributed by atoms with Crippen LogP contribution in [0, 0.1) is 6.92 Å². The second-order valence-corrected chi connectivity index (χ2v) is 3.79. The Balaban J connectivity index is 2.33. The summed E-state index contributed by atoms with van der Waals surface area (Å²) in [7, 11) is 0. The summed E-state index contributed by atoms with van der Waals surface area (Å²) < 4.78 is 0. The number of carbonyl (C=O) groups excluding carboxylic acids is 2. The predicted molar refractivity (Wildman–Crippen MR) is 63.1 cm³/mol. The lowest BCUT2D eigenvalue weighted by atomic mass is 10.2. The molecule has 0 bridgehead atoms. The van der Waals surface area contributed by atoms with E-state index in [9.17, 15) is 9.59 Å². The predicted octanol–water partition coefficient (Wildman–Crippen LogP) is -0.314. The van der Waals surface area contributed by atoms with Gasteiger partial charge in [-0.2, -0.15) is 5.10 Å². The molecule has 0 aliphatic heterocycles. The molecular weight excluding hydrogens is 222 g/mol. The highest BCUT2D eigenvalue weighted by Crippen LogP contribution is 2.11. The number of carbonyl (C=O) groups is 2. The van der Waals surface area contributed by atoms with Gasteiger partial charge in [-0.05, 0) is 19.8 Å². The standard InChI is InChI=1S/C10H17N5O2/c1-6-8(9(12)15-14-6)10(17)13-5-3-2-4-7(11)16/h2-5H2,1H3,(H2,11,16)(H,13,17)(H3,12,14,15). The molecule has 1 heterocycles. The molecule has 0 spiro atoms. The number of rotatable bonds is 6. The zero-order valence-corrected chi connectivity index (χ0v) is 9.75. The Morgan fingerprint density at radius 3 is 2.65 bits per heavy atom. The first-order valence-corrected chi connectivity index (χ1v) is 5.39. The minimum atomic E-state index is -0.328. The Hall–Kier alpha value is -2.05. The maximum atomic E-state index is 11.7. The summed E-state index contributed by atoms with van der Waals surface area (Å²) >= 11 is 0. The molecule has 0 saturated carbocycles. The number of aromatic nitrogens is 2. The number of amides is 2. The Morgan fingerprint density at radius 1 is 1.41 bits per heavy atom. The summed E-state index contributed by atoms with van der Waals surface area (Å²) in [5, 5.41) is 9.08. The number of aryl methyl sites for hydroxylation is 1. The van der Waals surface area contributed by atoms with Crippen molar-refractivity contribution in [3.8, 4) is 0 Å². The van der Waals surface area contributed by atoms with Crippen LogP contribution in [-0.4, -0.2) is 28.6 Å². The quantitative estimate of drug-likeness (QED) is 0.507. The van der Waals surface area contributed by atoms with Gasteiger partial charge in [0.1, 0.15) is 5.56 Å². The zero-order valence-electron chi connectivity index (χ0n) is 9.75. The minimum Gasteiger partial charge on any atom is -0.382 e. The van der Waals surface area contributed by atoms with Gasteiger partial charge >= 0.3 is 0 Å². The van der Waals surface area contributed by atoms with Crippen molar-refractivity contribution < 1.29 is 9.59 Å². The second-order valence-electron chi connectivity index (χ2n) is 3.79. The van der Waals surface area contributed by atoms with Crippen molar-refractivity contribution >= 4 is 17.6 Å². The summed E-state index contributed by atoms with van der Waals surface area (Å²) in [5.41, 5.74) is 11.6. The van der Waals surface area contributed by atoms with Gasteiger partial charge < -0.3 is 16.8 Å². The fourth-order valence-corrected chi connectivity index (χ4v) is 1.45. The van der Waals surface area contributed by atoms with Gasteiger partial charge in [0.15, 0.2) is 5.82 Å². The van der Waals surface area contributed by atoms with Gasteiger partial charge in [-0.3, -0.25) is 14.7 Å². The highest BCUT2D eigenvalue weighted by atomic mass is 16.2. The third-order valence-corrected chi connectivity index (χ3v) is 2.34. The van der Waals surface area contributed by atoms with Crippen LogP contribution in [0.2, 0.25) is 0 Å². The fourth-order valence-electron chi connectivity index (χ4n) is 1.45. The van der Waals surface area contributed by atoms with E-state index < -0.39 is 0 Å². The van der Waals surface area contributed by atoms with Gasteiger partial charge in [-0.1, -0.05) is 0 Å². The van der Waals surface area contributed by atoms with Crippen molar-refractivity contribution in [1.82, 2.24) is 15.5 Å². The minimum absolute atomic E-state index is 0.192. The largest absolute Gasteiger partial charge is 0.382 e. The van der Waals surface area contributed by atoms with Gasteiger partial charge in [-0.25, -0.2) is 0 Å². The smallest absolute Gasteiger partial charge is 0.256 e. The van der Waals surface area contributed by atoms with Gasteiger partial charge in [0.25, 0.3) is 5.91 Å². The molecule has 7 nitrogen and oxygen atoms in total. The summed E-state index contributed by atoms with van der Waals surface area (Å²) in [4.78, 5) is 22.2. The number of nitrogens with two attached hydrogens (primary N) is 2. The van der Waals surface area contributed by atoms with E-state index in [1.807, 2.05) is 0 Å². The van der Waals surface area contributed by atoms with Crippen LogP contribution >= 0.6 is 0 Å². The number of hydrogen-bond acceptors (Lipinski definition) is 4. The molecule has 0 saturated heterocycles. The Labute approximate surface area is 98.9 Å². The number of unbranched alkanes of at least 4 members (excludes halogenated alkanes) is 1. The summed E-state index contributed by atoms with van der Waals surface area (Å²) in [6.45, 7) is 2.21. The fraction of sp³-hybridized carbons (Fsp3) is 0.500. The summed E-state index contributed by atoms with van der Waals surface area (Å²) in [5.74, 6) is -0.392. The van der Waals surface area contributed by atoms with E-state index in [0.29, 0.717) is 37.1 Å². The van der Waals surface area contributed by atoms with E-state index in [-0.39, 0.29) is 17.6 Å². The molecule has 2 amide bonds. The van der Waals surface area contributed by atoms with Gasteiger partial charge in [0.2, 0.25) is 5.91 Å². The number of aromatic amines is 1. The van der Waals surface area contributed by atoms with Crippen LogP contribution in [0.25, 0.3) is 0 Å². The van der Waals surface area contributed by atoms with E-state index in [1.165, 1.54) is 0 Å². The molecule has 17 heavy (non-hydrogen) atoms. The van der Waals surface area contributed by atoms with Gasteiger partial charge in [0.05, 0.1) is 0 Å². The first kappa shape index (κ1) is 13.0. The van der Waals surface area contributed by atoms with Crippen molar-refractivity contribution in [1.29, 1.82) is 0 Å². The number of nitrogen functional groups attached to an aromatic ring is 1. The van der Waals surface area contributed by atoms with Crippen LogP contribution < -0.4 is 16.8 Å². The van der Waals surface area contributed by atoms with Crippen LogP contribution in [0.3, 0.4) is 0 Å². The van der Waals surface area contributed by atoms with Crippen molar-refractivity contribution in [3.05, 3.63) is 11.3 Å². The lowest BCUT2D eigenvalue weighted by molar-refractivity contribution is -0.118. The van der Waals surface area contributed by atoms with E-state index in [0.717, 1.165) is 0 Å². The molecule has 0 atom stereocenters. The normalized spacial score (nSPS) is 10.2. The highest BCUT2D eigenvalue weighted by Gasteiger charge is 2.15. The van der Waals surface area contributed by atoms with Crippen LogP contribution in [0.4, 0.5) is 5.82 Å². The topological polar surface area (TPSA) is 127 Å². The SMILES string of the molecule is Cc1[nH]nc(N)c1C(=O)NCCCCC(N)=O. The average Bonchev–Trinajstić information content (AvgIpc) is 2.57. The summed E-state index contributed by atoms with van der Waals surface area (Å²) in [6, 6.07) is 0. The molecule has 0 aliphatic rings. The van der Waals surface area contributed by atoms with E-state index in [1.54, 1.807) is 6.92 Å². The molecule has 94 valence electrons. The zero-order chi connectivity index (χ0) is 12.8. The first-order valence-electron chi connectivity index (χ1n) is 5.39. The average molecular weight is 239 g/mol. The maximum absolute atomic E-state index is 11.7. The summed E-state index contributed by atoms with van der Waals surface area (Å²) in [6.07, 6.45) is 1.70. The third kappa shape index (κ3) is 3.78. The van der Waals surface area contributed by atoms with E-state index in [4.69, 9.17) is 11.5 Å². The molecular formula is C10H17N5O2. The lowest BCUT2D eigenvalue weighted by Gasteiger charge is -2.04. The number of H-pyrrole nitrogens is 1. The number of hydrogen-bond donors (Lipinski definition) is 4. The molecule has 7 heteroatoms. The Bertz CT molecular complexity index is 393. The van der Waals surface area contributed by atoms with Crippen LogP contribution in [0.15, 0.2) is 0 Å². The van der Waals surface area contributed by atoms with Gasteiger partial charge in [-0.15, -0.1) is 0 Å². The molecule has 1 rings (SSSR count). The third-order valence-electron chi connectivity index (χ3n) is 2.34. The lowest BCUT2D eigenvalue weighted by Crippen LogP contribution is -2.25. The number of nitrogens with one attached hydrogen (secondary N) is 2. The molecule has 0 fully saturated rings. The van der Waals surface area contributed by atoms with Crippen molar-refractivity contribution in [3.63, 3.8) is 0 Å². The maximum Gasteiger partial charge on any atom is 0.256 e. The van der Waals surface area contributed by atoms with Gasteiger partial charge in [0, 0.05) is 18.7 Å². The van der Waals surface area contributed by atoms with E-state index in [2.05, 4.69) is 15.5 Å². The molecule has 1 aromatic rings. The van der Waals surface area contributed by atoms with Crippen molar-refractivity contribution in [2.24, 2.45) is 5.73 Å². The van der Waals surface area contributed by atoms with Crippen LogP contribution in [0.5, 0.6) is 0 Å².